The Bertz CT molecular complexity index is 1060. The summed E-state index contributed by atoms with van der Waals surface area (Å²) in [6, 6.07) is 16.6. The van der Waals surface area contributed by atoms with Crippen LogP contribution >= 0.6 is 0 Å². The van der Waals surface area contributed by atoms with Crippen molar-refractivity contribution in [2.75, 3.05) is 19.7 Å². The summed E-state index contributed by atoms with van der Waals surface area (Å²) in [6.45, 7) is 1.28. The Morgan fingerprint density at radius 1 is 1.14 bits per heavy atom. The van der Waals surface area contributed by atoms with Gasteiger partial charge < -0.3 is 9.64 Å². The van der Waals surface area contributed by atoms with Gasteiger partial charge in [0.1, 0.15) is 11.5 Å². The summed E-state index contributed by atoms with van der Waals surface area (Å²) >= 11 is 0. The first-order chi connectivity index (χ1) is 14.0. The summed E-state index contributed by atoms with van der Waals surface area (Å²) in [6.07, 6.45) is 5.23. The van der Waals surface area contributed by atoms with Gasteiger partial charge in [0.05, 0.1) is 5.92 Å². The van der Waals surface area contributed by atoms with Gasteiger partial charge in [0.15, 0.2) is 5.84 Å². The number of rotatable bonds is 4. The second-order valence-electron chi connectivity index (χ2n) is 7.11. The van der Waals surface area contributed by atoms with Crippen LogP contribution in [0.5, 0.6) is 0 Å². The van der Waals surface area contributed by atoms with Crippen LogP contribution in [0.15, 0.2) is 70.0 Å². The summed E-state index contributed by atoms with van der Waals surface area (Å²) < 4.78 is 34.0. The average Bonchev–Trinajstić information content (AvgIpc) is 3.03. The van der Waals surface area contributed by atoms with Crippen molar-refractivity contribution in [3.63, 3.8) is 0 Å². The maximum atomic E-state index is 12.5. The molecular weight excluding hydrogens is 388 g/mol. The fourth-order valence-electron chi connectivity index (χ4n) is 3.67. The lowest BCUT2D eigenvalue weighted by Crippen LogP contribution is -2.42. The average molecular weight is 410 g/mol. The standard InChI is InChI=1S/C22H22N2O4S/c25-22(28-15-7-10-17-8-2-1-3-9-17)18-11-6-14-24(16-18)21-19-12-4-5-13-20(19)29(26,27)23-21/h1-5,7-10,12-13,18H,6,11,14-16H2/b10-7+/t18-/m1/s1. The second-order valence-corrected chi connectivity index (χ2v) is 8.69. The minimum absolute atomic E-state index is 0.211. The number of fused-ring (bicyclic) bond motifs is 1. The molecule has 1 fully saturated rings. The van der Waals surface area contributed by atoms with Crippen LogP contribution in [0.25, 0.3) is 6.08 Å². The second kappa shape index (κ2) is 8.21. The van der Waals surface area contributed by atoms with E-state index in [0.29, 0.717) is 24.5 Å². The molecule has 7 heteroatoms. The van der Waals surface area contributed by atoms with Gasteiger partial charge in [-0.15, -0.1) is 4.40 Å². The summed E-state index contributed by atoms with van der Waals surface area (Å²) in [5.41, 5.74) is 1.65. The van der Waals surface area contributed by atoms with Crippen LogP contribution in [0.1, 0.15) is 24.0 Å². The molecule has 4 rings (SSSR count). The third-order valence-electron chi connectivity index (χ3n) is 5.10. The molecule has 150 valence electrons. The van der Waals surface area contributed by atoms with Gasteiger partial charge in [0, 0.05) is 18.7 Å². The molecule has 2 aliphatic rings. The van der Waals surface area contributed by atoms with E-state index in [1.165, 1.54) is 0 Å². The minimum atomic E-state index is -3.66. The fraction of sp³-hybridized carbons (Fsp3) is 0.273. The van der Waals surface area contributed by atoms with E-state index in [0.717, 1.165) is 18.4 Å². The van der Waals surface area contributed by atoms with Crippen molar-refractivity contribution < 1.29 is 17.9 Å². The monoisotopic (exact) mass is 410 g/mol. The number of esters is 1. The van der Waals surface area contributed by atoms with Gasteiger partial charge >= 0.3 is 5.97 Å². The van der Waals surface area contributed by atoms with E-state index in [1.807, 2.05) is 47.4 Å². The zero-order chi connectivity index (χ0) is 20.3. The highest BCUT2D eigenvalue weighted by atomic mass is 32.2. The molecule has 0 aliphatic carbocycles. The molecule has 0 aromatic heterocycles. The summed E-state index contributed by atoms with van der Waals surface area (Å²) in [5.74, 6) is -0.128. The van der Waals surface area contributed by atoms with Gasteiger partial charge in [-0.2, -0.15) is 8.42 Å². The molecule has 0 radical (unpaired) electrons. The van der Waals surface area contributed by atoms with Gasteiger partial charge in [0.25, 0.3) is 10.0 Å². The van der Waals surface area contributed by atoms with E-state index in [4.69, 9.17) is 4.74 Å². The third-order valence-corrected chi connectivity index (χ3v) is 6.42. The quantitative estimate of drug-likeness (QED) is 0.724. The Hall–Kier alpha value is -2.93. The van der Waals surface area contributed by atoms with E-state index < -0.39 is 10.0 Å². The molecular formula is C22H22N2O4S. The summed E-state index contributed by atoms with van der Waals surface area (Å²) in [4.78, 5) is 14.6. The Labute approximate surface area is 170 Å². The number of ether oxygens (including phenoxy) is 1. The number of carbonyl (C=O) groups excluding carboxylic acids is 1. The highest BCUT2D eigenvalue weighted by Gasteiger charge is 2.35. The van der Waals surface area contributed by atoms with Crippen molar-refractivity contribution >= 4 is 27.9 Å². The van der Waals surface area contributed by atoms with Crippen LogP contribution in [-0.4, -0.2) is 44.8 Å². The Morgan fingerprint density at radius 3 is 2.72 bits per heavy atom. The summed E-state index contributed by atoms with van der Waals surface area (Å²) in [5, 5.41) is 0. The molecule has 6 nitrogen and oxygen atoms in total. The minimum Gasteiger partial charge on any atom is -0.461 e. The van der Waals surface area contributed by atoms with Crippen LogP contribution < -0.4 is 0 Å². The smallest absolute Gasteiger partial charge is 0.311 e. The molecule has 0 N–H and O–H groups in total. The molecule has 0 saturated carbocycles. The normalized spacial score (nSPS) is 20.3. The molecule has 0 spiro atoms. The van der Waals surface area contributed by atoms with Crippen molar-refractivity contribution in [3.05, 3.63) is 71.8 Å². The third kappa shape index (κ3) is 4.24. The largest absolute Gasteiger partial charge is 0.461 e. The molecule has 1 saturated heterocycles. The molecule has 0 unspecified atom stereocenters. The Kier molecular flexibility index (Phi) is 5.49. The number of nitrogens with zero attached hydrogens (tertiary/aromatic N) is 2. The number of likely N-dealkylation sites (tertiary alicyclic amines) is 1. The van der Waals surface area contributed by atoms with Gasteiger partial charge in [-0.1, -0.05) is 48.5 Å². The molecule has 2 aromatic rings. The van der Waals surface area contributed by atoms with Crippen LogP contribution in [0, 0.1) is 5.92 Å². The zero-order valence-electron chi connectivity index (χ0n) is 15.9. The van der Waals surface area contributed by atoms with Gasteiger partial charge in [-0.05, 0) is 36.6 Å². The number of carbonyl (C=O) groups is 1. The first-order valence-corrected chi connectivity index (χ1v) is 11.1. The predicted octanol–water partition coefficient (Wildman–Crippen LogP) is 3.10. The lowest BCUT2D eigenvalue weighted by molar-refractivity contribution is -0.148. The van der Waals surface area contributed by atoms with E-state index in [-0.39, 0.29) is 23.4 Å². The van der Waals surface area contributed by atoms with Gasteiger partial charge in [-0.3, -0.25) is 4.79 Å². The molecule has 29 heavy (non-hydrogen) atoms. The maximum absolute atomic E-state index is 12.5. The van der Waals surface area contributed by atoms with E-state index in [2.05, 4.69) is 4.40 Å². The Balaban J connectivity index is 1.39. The topological polar surface area (TPSA) is 76.0 Å². The lowest BCUT2D eigenvalue weighted by Gasteiger charge is -2.32. The first kappa shape index (κ1) is 19.4. The molecule has 2 aliphatic heterocycles. The highest BCUT2D eigenvalue weighted by Crippen LogP contribution is 2.29. The summed E-state index contributed by atoms with van der Waals surface area (Å²) in [7, 11) is -3.66. The van der Waals surface area contributed by atoms with E-state index in [1.54, 1.807) is 24.3 Å². The SMILES string of the molecule is O=C(OC/C=C/c1ccccc1)[C@@H]1CCCN(C2=NS(=O)(=O)c3ccccc32)C1. The number of piperidine rings is 1. The molecule has 2 heterocycles. The van der Waals surface area contributed by atoms with Crippen molar-refractivity contribution in [2.45, 2.75) is 17.7 Å². The van der Waals surface area contributed by atoms with Gasteiger partial charge in [0.2, 0.25) is 0 Å². The van der Waals surface area contributed by atoms with Gasteiger partial charge in [-0.25, -0.2) is 0 Å². The van der Waals surface area contributed by atoms with Crippen LogP contribution in [0.2, 0.25) is 0 Å². The molecule has 0 bridgehead atoms. The van der Waals surface area contributed by atoms with Crippen molar-refractivity contribution in [1.29, 1.82) is 0 Å². The fourth-order valence-corrected chi connectivity index (χ4v) is 4.90. The maximum Gasteiger partial charge on any atom is 0.311 e. The Morgan fingerprint density at radius 2 is 1.90 bits per heavy atom. The number of sulfonamides is 1. The number of hydrogen-bond donors (Lipinski definition) is 0. The lowest BCUT2D eigenvalue weighted by atomic mass is 9.97. The van der Waals surface area contributed by atoms with E-state index in [9.17, 15) is 13.2 Å². The van der Waals surface area contributed by atoms with Crippen LogP contribution in [-0.2, 0) is 19.6 Å². The molecule has 0 amide bonds. The van der Waals surface area contributed by atoms with E-state index >= 15 is 0 Å². The van der Waals surface area contributed by atoms with Crippen molar-refractivity contribution in [3.8, 4) is 0 Å². The van der Waals surface area contributed by atoms with Crippen LogP contribution in [0.4, 0.5) is 0 Å². The van der Waals surface area contributed by atoms with Crippen molar-refractivity contribution in [2.24, 2.45) is 10.3 Å². The number of hydrogen-bond acceptors (Lipinski definition) is 5. The van der Waals surface area contributed by atoms with Crippen LogP contribution in [0.3, 0.4) is 0 Å². The predicted molar refractivity (Wildman–Crippen MR) is 111 cm³/mol. The zero-order valence-corrected chi connectivity index (χ0v) is 16.7. The molecule has 1 atom stereocenters. The number of benzene rings is 2. The first-order valence-electron chi connectivity index (χ1n) is 9.62. The number of amidine groups is 1. The molecule has 2 aromatic carbocycles. The van der Waals surface area contributed by atoms with Crippen molar-refractivity contribution in [1.82, 2.24) is 4.90 Å². The highest BCUT2D eigenvalue weighted by molar-refractivity contribution is 7.90.